The molecule has 0 bridgehead atoms. The summed E-state index contributed by atoms with van der Waals surface area (Å²) < 4.78 is 2.71. The minimum atomic E-state index is -0.101. The molecular formula is C45H35N3S. The van der Waals surface area contributed by atoms with Crippen LogP contribution in [0.2, 0.25) is 0 Å². The van der Waals surface area contributed by atoms with Crippen molar-refractivity contribution in [3.05, 3.63) is 151 Å². The van der Waals surface area contributed by atoms with Crippen molar-refractivity contribution in [2.75, 3.05) is 0 Å². The SMILES string of the molecule is CC1(C)c2cc(-c3cccc(-c4nc(-c5ccccc5)nc(-c5ccccc5)n4)c3)ccc2-c2cc3c(cc2C1(C)C)sc1ccccc13. The standard InChI is InChI=1S/C45H35N3S/c1-44(2)37-25-31(22-23-33(37)35-26-36-34-20-11-12-21-39(34)49-40(36)27-38(35)45(44,3)4)30-18-13-19-32(24-30)43-47-41(28-14-7-5-8-15-28)46-42(48-43)29-16-9-6-10-17-29/h5-27H,1-4H3. The molecule has 2 heterocycles. The molecule has 1 aliphatic rings. The lowest BCUT2D eigenvalue weighted by Crippen LogP contribution is -2.43. The first-order chi connectivity index (χ1) is 23.8. The molecule has 0 unspecified atom stereocenters. The van der Waals surface area contributed by atoms with Gasteiger partial charge in [0.05, 0.1) is 0 Å². The average Bonchev–Trinajstić information content (AvgIpc) is 3.52. The fourth-order valence-corrected chi connectivity index (χ4v) is 8.56. The zero-order valence-electron chi connectivity index (χ0n) is 28.0. The van der Waals surface area contributed by atoms with Gasteiger partial charge in [0.25, 0.3) is 0 Å². The van der Waals surface area contributed by atoms with E-state index in [-0.39, 0.29) is 10.8 Å². The summed E-state index contributed by atoms with van der Waals surface area (Å²) in [5.41, 5.74) is 10.5. The average molecular weight is 650 g/mol. The number of benzene rings is 6. The van der Waals surface area contributed by atoms with Crippen LogP contribution in [0.1, 0.15) is 38.8 Å². The number of aromatic nitrogens is 3. The van der Waals surface area contributed by atoms with E-state index in [0.717, 1.165) is 22.3 Å². The molecule has 0 atom stereocenters. The van der Waals surface area contributed by atoms with E-state index < -0.39 is 0 Å². The van der Waals surface area contributed by atoms with Crippen LogP contribution in [0.25, 0.3) is 76.6 Å². The fraction of sp³-hybridized carbons (Fsp3) is 0.133. The lowest BCUT2D eigenvalue weighted by Gasteiger charge is -2.48. The zero-order valence-corrected chi connectivity index (χ0v) is 28.8. The highest BCUT2D eigenvalue weighted by molar-refractivity contribution is 7.25. The van der Waals surface area contributed by atoms with Crippen molar-refractivity contribution in [2.24, 2.45) is 0 Å². The van der Waals surface area contributed by atoms with E-state index >= 15 is 0 Å². The summed E-state index contributed by atoms with van der Waals surface area (Å²) in [5, 5.41) is 2.69. The number of hydrogen-bond donors (Lipinski definition) is 0. The van der Waals surface area contributed by atoms with Gasteiger partial charge in [-0.3, -0.25) is 0 Å². The van der Waals surface area contributed by atoms with Gasteiger partial charge < -0.3 is 0 Å². The normalized spacial score (nSPS) is 14.4. The van der Waals surface area contributed by atoms with Crippen molar-refractivity contribution >= 4 is 31.5 Å². The van der Waals surface area contributed by atoms with Crippen molar-refractivity contribution < 1.29 is 0 Å². The van der Waals surface area contributed by atoms with Gasteiger partial charge in [0.1, 0.15) is 0 Å². The van der Waals surface area contributed by atoms with E-state index in [4.69, 9.17) is 15.0 Å². The minimum Gasteiger partial charge on any atom is -0.208 e. The highest BCUT2D eigenvalue weighted by atomic mass is 32.1. The van der Waals surface area contributed by atoms with Gasteiger partial charge in [0, 0.05) is 36.9 Å². The summed E-state index contributed by atoms with van der Waals surface area (Å²) in [5.74, 6) is 1.99. The Labute approximate surface area is 291 Å². The van der Waals surface area contributed by atoms with Gasteiger partial charge in [0.2, 0.25) is 0 Å². The molecule has 0 N–H and O–H groups in total. The second-order valence-corrected chi connectivity index (χ2v) is 15.2. The number of thiophene rings is 1. The number of hydrogen-bond acceptors (Lipinski definition) is 4. The molecule has 1 aliphatic carbocycles. The maximum atomic E-state index is 4.99. The molecule has 8 aromatic rings. The third-order valence-electron chi connectivity index (χ3n) is 10.9. The first-order valence-corrected chi connectivity index (χ1v) is 17.7. The smallest absolute Gasteiger partial charge is 0.164 e. The van der Waals surface area contributed by atoms with Crippen LogP contribution in [0.4, 0.5) is 0 Å². The summed E-state index contributed by atoms with van der Waals surface area (Å²) in [6.45, 7) is 9.64. The molecule has 2 aromatic heterocycles. The van der Waals surface area contributed by atoms with Crippen LogP contribution in [0.5, 0.6) is 0 Å². The molecule has 0 radical (unpaired) electrons. The summed E-state index contributed by atoms with van der Waals surface area (Å²) in [6.07, 6.45) is 0. The van der Waals surface area contributed by atoms with Gasteiger partial charge in [-0.1, -0.05) is 137 Å². The first kappa shape index (κ1) is 29.7. The molecule has 236 valence electrons. The van der Waals surface area contributed by atoms with Gasteiger partial charge in [-0.2, -0.15) is 0 Å². The topological polar surface area (TPSA) is 38.7 Å². The van der Waals surface area contributed by atoms with Crippen LogP contribution in [0.15, 0.2) is 140 Å². The van der Waals surface area contributed by atoms with Gasteiger partial charge in [-0.25, -0.2) is 15.0 Å². The third-order valence-corrected chi connectivity index (χ3v) is 12.0. The highest BCUT2D eigenvalue weighted by Gasteiger charge is 2.46. The number of nitrogens with zero attached hydrogens (tertiary/aromatic N) is 3. The molecule has 4 heteroatoms. The van der Waals surface area contributed by atoms with Gasteiger partial charge >= 0.3 is 0 Å². The van der Waals surface area contributed by atoms with Crippen LogP contribution in [0, 0.1) is 0 Å². The molecule has 49 heavy (non-hydrogen) atoms. The monoisotopic (exact) mass is 649 g/mol. The summed E-state index contributed by atoms with van der Waals surface area (Å²) >= 11 is 1.90. The van der Waals surface area contributed by atoms with Crippen LogP contribution >= 0.6 is 11.3 Å². The van der Waals surface area contributed by atoms with Crippen molar-refractivity contribution in [2.45, 2.75) is 38.5 Å². The second kappa shape index (κ2) is 11.0. The first-order valence-electron chi connectivity index (χ1n) is 16.9. The number of rotatable bonds is 4. The van der Waals surface area contributed by atoms with Gasteiger partial charge in [-0.05, 0) is 74.5 Å². The Morgan fingerprint density at radius 2 is 0.918 bits per heavy atom. The Morgan fingerprint density at radius 1 is 0.388 bits per heavy atom. The van der Waals surface area contributed by atoms with Crippen LogP contribution in [-0.4, -0.2) is 15.0 Å². The Morgan fingerprint density at radius 3 is 1.59 bits per heavy atom. The molecular weight excluding hydrogens is 615 g/mol. The maximum absolute atomic E-state index is 4.99. The summed E-state index contributed by atoms with van der Waals surface area (Å²) in [7, 11) is 0. The Hall–Kier alpha value is -5.45. The van der Waals surface area contributed by atoms with Gasteiger partial charge in [0.15, 0.2) is 17.5 Å². The third kappa shape index (κ3) is 4.74. The predicted molar refractivity (Wildman–Crippen MR) is 206 cm³/mol. The van der Waals surface area contributed by atoms with Crippen molar-refractivity contribution in [1.29, 1.82) is 0 Å². The van der Waals surface area contributed by atoms with E-state index in [1.54, 1.807) is 0 Å². The molecule has 0 spiro atoms. The lowest BCUT2D eigenvalue weighted by atomic mass is 9.55. The molecule has 6 aromatic carbocycles. The Balaban J connectivity index is 1.18. The number of fused-ring (bicyclic) bond motifs is 6. The molecule has 0 fully saturated rings. The molecule has 9 rings (SSSR count). The van der Waals surface area contributed by atoms with Crippen molar-refractivity contribution in [3.63, 3.8) is 0 Å². The van der Waals surface area contributed by atoms with E-state index in [9.17, 15) is 0 Å². The zero-order chi connectivity index (χ0) is 33.3. The molecule has 0 aliphatic heterocycles. The van der Waals surface area contributed by atoms with E-state index in [0.29, 0.717) is 17.5 Å². The van der Waals surface area contributed by atoms with Gasteiger partial charge in [-0.15, -0.1) is 11.3 Å². The second-order valence-electron chi connectivity index (χ2n) is 14.1. The molecule has 3 nitrogen and oxygen atoms in total. The predicted octanol–water partition coefficient (Wildman–Crippen LogP) is 12.1. The summed E-state index contributed by atoms with van der Waals surface area (Å²) in [4.78, 5) is 14.9. The largest absolute Gasteiger partial charge is 0.208 e. The van der Waals surface area contributed by atoms with Crippen LogP contribution in [-0.2, 0) is 10.8 Å². The van der Waals surface area contributed by atoms with Crippen molar-refractivity contribution in [1.82, 2.24) is 15.0 Å². The molecule has 0 saturated heterocycles. The fourth-order valence-electron chi connectivity index (χ4n) is 7.44. The van der Waals surface area contributed by atoms with Crippen LogP contribution in [0.3, 0.4) is 0 Å². The van der Waals surface area contributed by atoms with Crippen LogP contribution < -0.4 is 0 Å². The lowest BCUT2D eigenvalue weighted by molar-refractivity contribution is 0.299. The summed E-state index contributed by atoms with van der Waals surface area (Å²) in [6, 6.07) is 49.7. The minimum absolute atomic E-state index is 0.0767. The maximum Gasteiger partial charge on any atom is 0.164 e. The highest BCUT2D eigenvalue weighted by Crippen LogP contribution is 2.56. The van der Waals surface area contributed by atoms with E-state index in [1.807, 2.05) is 72.0 Å². The quantitative estimate of drug-likeness (QED) is 0.190. The molecule has 0 amide bonds. The van der Waals surface area contributed by atoms with E-state index in [2.05, 4.69) is 107 Å². The molecule has 0 saturated carbocycles. The Kier molecular flexibility index (Phi) is 6.69. The Bertz CT molecular complexity index is 2490. The van der Waals surface area contributed by atoms with E-state index in [1.165, 1.54) is 48.0 Å². The van der Waals surface area contributed by atoms with Crippen molar-refractivity contribution in [3.8, 4) is 56.4 Å².